The molecule has 2 N–H and O–H groups in total. The van der Waals surface area contributed by atoms with Crippen LogP contribution in [0.5, 0.6) is 17.2 Å². The number of nitrogens with zero attached hydrogens (tertiary/aromatic N) is 1. The van der Waals surface area contributed by atoms with Gasteiger partial charge in [-0.3, -0.25) is 4.79 Å². The first-order valence-corrected chi connectivity index (χ1v) is 7.63. The minimum atomic E-state index is -0.247. The van der Waals surface area contributed by atoms with Crippen LogP contribution in [0, 0.1) is 6.92 Å². The number of nitrogens with one attached hydrogen (secondary N) is 2. The van der Waals surface area contributed by atoms with E-state index in [0.29, 0.717) is 28.5 Å². The summed E-state index contributed by atoms with van der Waals surface area (Å²) >= 11 is 0. The summed E-state index contributed by atoms with van der Waals surface area (Å²) in [5.74, 6) is 1.96. The second-order valence-corrected chi connectivity index (χ2v) is 5.42. The number of carbonyl (C=O) groups is 1. The first kappa shape index (κ1) is 16.6. The van der Waals surface area contributed by atoms with Gasteiger partial charge in [0.25, 0.3) is 5.91 Å². The fourth-order valence-electron chi connectivity index (χ4n) is 2.63. The van der Waals surface area contributed by atoms with Crippen molar-refractivity contribution in [2.45, 2.75) is 6.92 Å². The van der Waals surface area contributed by atoms with Crippen LogP contribution in [0.4, 0.5) is 5.69 Å². The molecule has 0 aliphatic heterocycles. The van der Waals surface area contributed by atoms with E-state index in [-0.39, 0.29) is 5.91 Å². The van der Waals surface area contributed by atoms with Crippen LogP contribution in [-0.2, 0) is 0 Å². The molecule has 1 heterocycles. The number of ether oxygens (including phenoxy) is 3. The monoisotopic (exact) mass is 341 g/mol. The Balaban J connectivity index is 1.91. The predicted molar refractivity (Wildman–Crippen MR) is 94.9 cm³/mol. The lowest BCUT2D eigenvalue weighted by atomic mass is 10.1. The van der Waals surface area contributed by atoms with Crippen LogP contribution in [-0.4, -0.2) is 37.2 Å². The minimum Gasteiger partial charge on any atom is -0.493 e. The van der Waals surface area contributed by atoms with Crippen LogP contribution in [0.25, 0.3) is 11.0 Å². The van der Waals surface area contributed by atoms with Crippen LogP contribution in [0.2, 0.25) is 0 Å². The lowest BCUT2D eigenvalue weighted by Crippen LogP contribution is -2.12. The summed E-state index contributed by atoms with van der Waals surface area (Å²) in [7, 11) is 4.58. The van der Waals surface area contributed by atoms with Crippen LogP contribution in [0.3, 0.4) is 0 Å². The summed E-state index contributed by atoms with van der Waals surface area (Å²) in [6.45, 7) is 1.87. The summed E-state index contributed by atoms with van der Waals surface area (Å²) in [5, 5.41) is 2.84. The number of hydrogen-bond acceptors (Lipinski definition) is 5. The van der Waals surface area contributed by atoms with Crippen molar-refractivity contribution in [1.29, 1.82) is 0 Å². The molecule has 2 aromatic carbocycles. The summed E-state index contributed by atoms with van der Waals surface area (Å²) in [6.07, 6.45) is 0. The molecular weight excluding hydrogens is 322 g/mol. The van der Waals surface area contributed by atoms with E-state index in [1.807, 2.05) is 13.0 Å². The second-order valence-electron chi connectivity index (χ2n) is 5.42. The number of amides is 1. The first-order chi connectivity index (χ1) is 12.0. The number of methoxy groups -OCH3 is 3. The molecule has 7 heteroatoms. The van der Waals surface area contributed by atoms with Gasteiger partial charge in [-0.15, -0.1) is 0 Å². The average molecular weight is 341 g/mol. The first-order valence-electron chi connectivity index (χ1n) is 7.63. The molecule has 7 nitrogen and oxygen atoms in total. The molecule has 1 amide bonds. The van der Waals surface area contributed by atoms with Gasteiger partial charge in [-0.25, -0.2) is 4.98 Å². The number of benzene rings is 2. The standard InChI is InChI=1S/C18H19N3O4/c1-10-19-13-6-5-11(7-14(13)20-10)18(22)21-12-8-15(23-2)17(25-4)16(9-12)24-3/h5-9H,1-4H3,(H,19,20)(H,21,22). The quantitative estimate of drug-likeness (QED) is 0.744. The average Bonchev–Trinajstić information content (AvgIpc) is 2.99. The van der Waals surface area contributed by atoms with Gasteiger partial charge in [-0.1, -0.05) is 0 Å². The second kappa shape index (κ2) is 6.72. The lowest BCUT2D eigenvalue weighted by molar-refractivity contribution is 0.102. The van der Waals surface area contributed by atoms with Crippen molar-refractivity contribution in [1.82, 2.24) is 9.97 Å². The summed E-state index contributed by atoms with van der Waals surface area (Å²) < 4.78 is 15.9. The van der Waals surface area contributed by atoms with Crippen molar-refractivity contribution >= 4 is 22.6 Å². The molecule has 3 rings (SSSR count). The number of fused-ring (bicyclic) bond motifs is 1. The van der Waals surface area contributed by atoms with Gasteiger partial charge in [0.1, 0.15) is 5.82 Å². The molecule has 0 aliphatic carbocycles. The lowest BCUT2D eigenvalue weighted by Gasteiger charge is -2.14. The van der Waals surface area contributed by atoms with E-state index < -0.39 is 0 Å². The van der Waals surface area contributed by atoms with Crippen molar-refractivity contribution in [2.75, 3.05) is 26.6 Å². The smallest absolute Gasteiger partial charge is 0.255 e. The highest BCUT2D eigenvalue weighted by Gasteiger charge is 2.15. The molecule has 25 heavy (non-hydrogen) atoms. The number of hydrogen-bond donors (Lipinski definition) is 2. The maximum Gasteiger partial charge on any atom is 0.255 e. The Bertz CT molecular complexity index is 908. The van der Waals surface area contributed by atoms with Crippen LogP contribution < -0.4 is 19.5 Å². The minimum absolute atomic E-state index is 0.247. The maximum atomic E-state index is 12.6. The molecule has 0 saturated heterocycles. The van der Waals surface area contributed by atoms with Gasteiger partial charge in [0, 0.05) is 23.4 Å². The van der Waals surface area contributed by atoms with E-state index >= 15 is 0 Å². The summed E-state index contributed by atoms with van der Waals surface area (Å²) in [5.41, 5.74) is 2.70. The fraction of sp³-hybridized carbons (Fsp3) is 0.222. The van der Waals surface area contributed by atoms with Gasteiger partial charge < -0.3 is 24.5 Å². The van der Waals surface area contributed by atoms with Crippen molar-refractivity contribution in [2.24, 2.45) is 0 Å². The van der Waals surface area contributed by atoms with E-state index in [1.54, 1.807) is 24.3 Å². The number of anilines is 1. The Morgan fingerprint density at radius 1 is 1.04 bits per heavy atom. The Hall–Kier alpha value is -3.22. The van der Waals surface area contributed by atoms with Gasteiger partial charge in [0.2, 0.25) is 5.75 Å². The summed E-state index contributed by atoms with van der Waals surface area (Å²) in [6, 6.07) is 8.66. The number of H-pyrrole nitrogens is 1. The topological polar surface area (TPSA) is 85.5 Å². The molecule has 1 aromatic heterocycles. The van der Waals surface area contributed by atoms with Crippen LogP contribution in [0.15, 0.2) is 30.3 Å². The zero-order chi connectivity index (χ0) is 18.0. The van der Waals surface area contributed by atoms with E-state index in [4.69, 9.17) is 14.2 Å². The molecule has 0 radical (unpaired) electrons. The zero-order valence-electron chi connectivity index (χ0n) is 14.5. The number of aryl methyl sites for hydroxylation is 1. The highest BCUT2D eigenvalue weighted by Crippen LogP contribution is 2.40. The highest BCUT2D eigenvalue weighted by molar-refractivity contribution is 6.06. The fourth-order valence-corrected chi connectivity index (χ4v) is 2.63. The normalized spacial score (nSPS) is 10.6. The van der Waals surface area contributed by atoms with Crippen molar-refractivity contribution in [3.63, 3.8) is 0 Å². The Morgan fingerprint density at radius 3 is 2.32 bits per heavy atom. The van der Waals surface area contributed by atoms with Gasteiger partial charge in [0.15, 0.2) is 11.5 Å². The van der Waals surface area contributed by atoms with Crippen LogP contribution >= 0.6 is 0 Å². The molecule has 0 fully saturated rings. The van der Waals surface area contributed by atoms with Crippen molar-refractivity contribution in [3.05, 3.63) is 41.7 Å². The Morgan fingerprint density at radius 2 is 1.72 bits per heavy atom. The number of imidazole rings is 1. The van der Waals surface area contributed by atoms with Crippen LogP contribution in [0.1, 0.15) is 16.2 Å². The molecule has 130 valence electrons. The van der Waals surface area contributed by atoms with E-state index in [1.165, 1.54) is 21.3 Å². The van der Waals surface area contributed by atoms with E-state index in [2.05, 4.69) is 15.3 Å². The number of aromatic amines is 1. The zero-order valence-corrected chi connectivity index (χ0v) is 14.5. The molecule has 0 unspecified atom stereocenters. The molecule has 0 spiro atoms. The molecule has 3 aromatic rings. The molecular formula is C18H19N3O4. The maximum absolute atomic E-state index is 12.6. The molecule has 0 aliphatic rings. The highest BCUT2D eigenvalue weighted by atomic mass is 16.5. The van der Waals surface area contributed by atoms with Crippen molar-refractivity contribution in [3.8, 4) is 17.2 Å². The molecule has 0 saturated carbocycles. The predicted octanol–water partition coefficient (Wildman–Crippen LogP) is 3.15. The van der Waals surface area contributed by atoms with Gasteiger partial charge in [-0.2, -0.15) is 0 Å². The third-order valence-electron chi connectivity index (χ3n) is 3.79. The Kier molecular flexibility index (Phi) is 4.47. The largest absolute Gasteiger partial charge is 0.493 e. The number of aromatic nitrogens is 2. The summed E-state index contributed by atoms with van der Waals surface area (Å²) in [4.78, 5) is 20.0. The third kappa shape index (κ3) is 3.21. The van der Waals surface area contributed by atoms with E-state index in [0.717, 1.165) is 16.9 Å². The third-order valence-corrected chi connectivity index (χ3v) is 3.79. The SMILES string of the molecule is COc1cc(NC(=O)c2ccc3nc(C)[nH]c3c2)cc(OC)c1OC. The Labute approximate surface area is 144 Å². The number of carbonyl (C=O) groups excluding carboxylic acids is 1. The van der Waals surface area contributed by atoms with Crippen molar-refractivity contribution < 1.29 is 19.0 Å². The van der Waals surface area contributed by atoms with Gasteiger partial charge >= 0.3 is 0 Å². The molecule has 0 atom stereocenters. The van der Waals surface area contributed by atoms with Gasteiger partial charge in [-0.05, 0) is 25.1 Å². The van der Waals surface area contributed by atoms with Gasteiger partial charge in [0.05, 0.1) is 32.4 Å². The van der Waals surface area contributed by atoms with E-state index in [9.17, 15) is 4.79 Å². The number of rotatable bonds is 5. The molecule has 0 bridgehead atoms.